The Balaban J connectivity index is 2.43. The highest BCUT2D eigenvalue weighted by Crippen LogP contribution is 2.19. The SMILES string of the molecule is Cc1cc(-c2ccc(C(=O)O)cc2)nc(N)n1. The summed E-state index contributed by atoms with van der Waals surface area (Å²) in [6.45, 7) is 1.83. The molecule has 2 rings (SSSR count). The third kappa shape index (κ3) is 2.39. The molecule has 0 aliphatic heterocycles. The number of nitrogen functional groups attached to an aromatic ring is 1. The van der Waals surface area contributed by atoms with Gasteiger partial charge in [0.25, 0.3) is 0 Å². The smallest absolute Gasteiger partial charge is 0.335 e. The van der Waals surface area contributed by atoms with Gasteiger partial charge in [-0.05, 0) is 25.1 Å². The van der Waals surface area contributed by atoms with E-state index in [4.69, 9.17) is 10.8 Å². The summed E-state index contributed by atoms with van der Waals surface area (Å²) in [5.74, 6) is -0.739. The minimum atomic E-state index is -0.949. The van der Waals surface area contributed by atoms with Crippen LogP contribution in [0.3, 0.4) is 0 Å². The maximum absolute atomic E-state index is 10.7. The Kier molecular flexibility index (Phi) is 2.74. The predicted octanol–water partition coefficient (Wildman–Crippen LogP) is 1.73. The van der Waals surface area contributed by atoms with Crippen LogP contribution in [-0.2, 0) is 0 Å². The van der Waals surface area contributed by atoms with Crippen LogP contribution < -0.4 is 5.73 Å². The molecule has 0 saturated heterocycles. The molecule has 0 bridgehead atoms. The first-order chi connectivity index (χ1) is 8.06. The zero-order valence-corrected chi connectivity index (χ0v) is 9.21. The largest absolute Gasteiger partial charge is 0.478 e. The Labute approximate surface area is 98.0 Å². The quantitative estimate of drug-likeness (QED) is 0.818. The number of carboxylic acids is 1. The van der Waals surface area contributed by atoms with Gasteiger partial charge in [-0.3, -0.25) is 0 Å². The molecule has 0 unspecified atom stereocenters. The number of anilines is 1. The third-order valence-corrected chi connectivity index (χ3v) is 2.30. The number of benzene rings is 1. The molecule has 0 spiro atoms. The third-order valence-electron chi connectivity index (χ3n) is 2.30. The van der Waals surface area contributed by atoms with E-state index in [-0.39, 0.29) is 11.5 Å². The number of carboxylic acid groups (broad SMARTS) is 1. The van der Waals surface area contributed by atoms with E-state index in [9.17, 15) is 4.79 Å². The Morgan fingerprint density at radius 3 is 2.41 bits per heavy atom. The molecule has 2 aromatic rings. The van der Waals surface area contributed by atoms with Crippen LogP contribution in [0.2, 0.25) is 0 Å². The Morgan fingerprint density at radius 1 is 1.24 bits per heavy atom. The first kappa shape index (κ1) is 11.1. The minimum absolute atomic E-state index is 0.210. The molecule has 5 nitrogen and oxygen atoms in total. The van der Waals surface area contributed by atoms with E-state index in [1.807, 2.05) is 6.92 Å². The first-order valence-electron chi connectivity index (χ1n) is 5.01. The van der Waals surface area contributed by atoms with Gasteiger partial charge in [-0.2, -0.15) is 0 Å². The fourth-order valence-corrected chi connectivity index (χ4v) is 1.52. The molecule has 0 aliphatic rings. The highest BCUT2D eigenvalue weighted by Gasteiger charge is 2.05. The molecule has 86 valence electrons. The fraction of sp³-hybridized carbons (Fsp3) is 0.0833. The molecule has 1 aromatic heterocycles. The van der Waals surface area contributed by atoms with E-state index in [1.54, 1.807) is 18.2 Å². The zero-order valence-electron chi connectivity index (χ0n) is 9.21. The average Bonchev–Trinajstić information content (AvgIpc) is 2.28. The summed E-state index contributed by atoms with van der Waals surface area (Å²) in [6, 6.07) is 8.26. The number of aromatic nitrogens is 2. The van der Waals surface area contributed by atoms with Crippen molar-refractivity contribution in [2.75, 3.05) is 5.73 Å². The van der Waals surface area contributed by atoms with E-state index < -0.39 is 5.97 Å². The lowest BCUT2D eigenvalue weighted by Crippen LogP contribution is -1.99. The summed E-state index contributed by atoms with van der Waals surface area (Å²) < 4.78 is 0. The van der Waals surface area contributed by atoms with E-state index in [0.29, 0.717) is 5.69 Å². The first-order valence-corrected chi connectivity index (χ1v) is 5.01. The summed E-state index contributed by atoms with van der Waals surface area (Å²) in [5.41, 5.74) is 8.07. The van der Waals surface area contributed by atoms with Crippen molar-refractivity contribution in [3.63, 3.8) is 0 Å². The normalized spacial score (nSPS) is 10.2. The maximum atomic E-state index is 10.7. The van der Waals surface area contributed by atoms with Crippen LogP contribution in [0.5, 0.6) is 0 Å². The lowest BCUT2D eigenvalue weighted by Gasteiger charge is -2.03. The summed E-state index contributed by atoms with van der Waals surface area (Å²) in [7, 11) is 0. The molecular formula is C12H11N3O2. The van der Waals surface area contributed by atoms with Crippen LogP contribution in [0.25, 0.3) is 11.3 Å². The lowest BCUT2D eigenvalue weighted by molar-refractivity contribution is 0.0697. The zero-order chi connectivity index (χ0) is 12.4. The van der Waals surface area contributed by atoms with Crippen molar-refractivity contribution in [3.05, 3.63) is 41.6 Å². The fourth-order valence-electron chi connectivity index (χ4n) is 1.52. The van der Waals surface area contributed by atoms with Crippen LogP contribution in [-0.4, -0.2) is 21.0 Å². The molecule has 0 fully saturated rings. The highest BCUT2D eigenvalue weighted by molar-refractivity contribution is 5.88. The van der Waals surface area contributed by atoms with E-state index in [2.05, 4.69) is 9.97 Å². The summed E-state index contributed by atoms with van der Waals surface area (Å²) in [5, 5.41) is 8.79. The van der Waals surface area contributed by atoms with Crippen molar-refractivity contribution in [3.8, 4) is 11.3 Å². The molecule has 0 saturated carbocycles. The molecule has 0 aliphatic carbocycles. The van der Waals surface area contributed by atoms with Crippen molar-refractivity contribution in [2.24, 2.45) is 0 Å². The lowest BCUT2D eigenvalue weighted by atomic mass is 10.1. The number of aryl methyl sites for hydroxylation is 1. The second-order valence-electron chi connectivity index (χ2n) is 3.64. The average molecular weight is 229 g/mol. The summed E-state index contributed by atoms with van der Waals surface area (Å²) in [6.07, 6.45) is 0. The molecule has 1 heterocycles. The second kappa shape index (κ2) is 4.21. The van der Waals surface area contributed by atoms with Crippen LogP contribution in [0, 0.1) is 6.92 Å². The molecular weight excluding hydrogens is 218 g/mol. The number of hydrogen-bond donors (Lipinski definition) is 2. The van der Waals surface area contributed by atoms with Crippen molar-refractivity contribution in [1.82, 2.24) is 9.97 Å². The molecule has 0 atom stereocenters. The van der Waals surface area contributed by atoms with Crippen molar-refractivity contribution in [1.29, 1.82) is 0 Å². The topological polar surface area (TPSA) is 89.1 Å². The van der Waals surface area contributed by atoms with Crippen molar-refractivity contribution < 1.29 is 9.90 Å². The standard InChI is InChI=1S/C12H11N3O2/c1-7-6-10(15-12(13)14-7)8-2-4-9(5-3-8)11(16)17/h2-6H,1H3,(H,16,17)(H2,13,14,15). The molecule has 1 aromatic carbocycles. The maximum Gasteiger partial charge on any atom is 0.335 e. The molecule has 0 amide bonds. The Hall–Kier alpha value is -2.43. The van der Waals surface area contributed by atoms with Gasteiger partial charge in [-0.15, -0.1) is 0 Å². The van der Waals surface area contributed by atoms with E-state index in [0.717, 1.165) is 11.3 Å². The van der Waals surface area contributed by atoms with Crippen molar-refractivity contribution >= 4 is 11.9 Å². The Morgan fingerprint density at radius 2 is 1.88 bits per heavy atom. The van der Waals surface area contributed by atoms with Gasteiger partial charge in [0, 0.05) is 11.3 Å². The number of rotatable bonds is 2. The summed E-state index contributed by atoms with van der Waals surface area (Å²) >= 11 is 0. The van der Waals surface area contributed by atoms with Crippen LogP contribution in [0.4, 0.5) is 5.95 Å². The molecule has 17 heavy (non-hydrogen) atoms. The number of hydrogen-bond acceptors (Lipinski definition) is 4. The van der Waals surface area contributed by atoms with Gasteiger partial charge in [-0.25, -0.2) is 14.8 Å². The van der Waals surface area contributed by atoms with Crippen LogP contribution in [0.15, 0.2) is 30.3 Å². The molecule has 0 radical (unpaired) electrons. The van der Waals surface area contributed by atoms with Gasteiger partial charge in [0.05, 0.1) is 11.3 Å². The van der Waals surface area contributed by atoms with Crippen LogP contribution >= 0.6 is 0 Å². The highest BCUT2D eigenvalue weighted by atomic mass is 16.4. The predicted molar refractivity (Wildman–Crippen MR) is 63.6 cm³/mol. The van der Waals surface area contributed by atoms with Crippen molar-refractivity contribution in [2.45, 2.75) is 6.92 Å². The number of aromatic carboxylic acids is 1. The number of nitrogens with zero attached hydrogens (tertiary/aromatic N) is 2. The minimum Gasteiger partial charge on any atom is -0.478 e. The van der Waals surface area contributed by atoms with Gasteiger partial charge in [-0.1, -0.05) is 12.1 Å². The van der Waals surface area contributed by atoms with Crippen LogP contribution in [0.1, 0.15) is 16.1 Å². The van der Waals surface area contributed by atoms with Gasteiger partial charge in [0.15, 0.2) is 0 Å². The van der Waals surface area contributed by atoms with E-state index in [1.165, 1.54) is 12.1 Å². The molecule has 3 N–H and O–H groups in total. The number of carbonyl (C=O) groups is 1. The summed E-state index contributed by atoms with van der Waals surface area (Å²) in [4.78, 5) is 18.8. The number of nitrogens with two attached hydrogens (primary N) is 1. The Bertz CT molecular complexity index is 544. The van der Waals surface area contributed by atoms with Gasteiger partial charge < -0.3 is 10.8 Å². The van der Waals surface area contributed by atoms with Gasteiger partial charge in [0.1, 0.15) is 0 Å². The van der Waals surface area contributed by atoms with E-state index >= 15 is 0 Å². The van der Waals surface area contributed by atoms with Gasteiger partial charge in [0.2, 0.25) is 5.95 Å². The van der Waals surface area contributed by atoms with Gasteiger partial charge >= 0.3 is 5.97 Å². The monoisotopic (exact) mass is 229 g/mol. The molecule has 5 heteroatoms. The second-order valence-corrected chi connectivity index (χ2v) is 3.64.